The van der Waals surface area contributed by atoms with E-state index >= 15 is 0 Å². The summed E-state index contributed by atoms with van der Waals surface area (Å²) in [5.74, 6) is -0.467. The summed E-state index contributed by atoms with van der Waals surface area (Å²) in [6, 6.07) is 13.4. The summed E-state index contributed by atoms with van der Waals surface area (Å²) >= 11 is 0. The van der Waals surface area contributed by atoms with E-state index in [1.54, 1.807) is 30.3 Å². The molecular weight excluding hydrogens is 318 g/mol. The number of aryl methyl sites for hydroxylation is 1. The van der Waals surface area contributed by atoms with Gasteiger partial charge < -0.3 is 4.74 Å². The Morgan fingerprint density at radius 2 is 1.48 bits per heavy atom. The third-order valence-electron chi connectivity index (χ3n) is 3.17. The molecule has 0 amide bonds. The maximum absolute atomic E-state index is 12.1. The Bertz CT molecular complexity index is 668. The number of ether oxygens (including phenoxy) is 1. The van der Waals surface area contributed by atoms with Gasteiger partial charge in [0.2, 0.25) is 0 Å². The van der Waals surface area contributed by atoms with Crippen LogP contribution in [0.15, 0.2) is 48.5 Å². The molecule has 0 aliphatic carbocycles. The van der Waals surface area contributed by atoms with Crippen LogP contribution in [0, 0.1) is 10.1 Å². The van der Waals surface area contributed by atoms with E-state index in [0.717, 1.165) is 12.0 Å². The molecule has 2 rings (SSSR count). The van der Waals surface area contributed by atoms with Crippen molar-refractivity contribution in [1.29, 1.82) is 0 Å². The fourth-order valence-electron chi connectivity index (χ4n) is 2.06. The SMILES string of the molecule is CC.CC.CCc1ccccc1C(=O)OCc1ccccc1[N+](=O)[O-]. The van der Waals surface area contributed by atoms with Crippen molar-refractivity contribution in [2.75, 3.05) is 0 Å². The Kier molecular flexibility index (Phi) is 11.3. The first-order chi connectivity index (χ1) is 12.1. The monoisotopic (exact) mass is 345 g/mol. The Balaban J connectivity index is 0.00000134. The Labute approximate surface area is 149 Å². The van der Waals surface area contributed by atoms with Gasteiger partial charge in [0.25, 0.3) is 5.69 Å². The van der Waals surface area contributed by atoms with Gasteiger partial charge in [-0.3, -0.25) is 10.1 Å². The van der Waals surface area contributed by atoms with Crippen LogP contribution in [0.4, 0.5) is 5.69 Å². The highest BCUT2D eigenvalue weighted by Crippen LogP contribution is 2.19. The highest BCUT2D eigenvalue weighted by Gasteiger charge is 2.16. The van der Waals surface area contributed by atoms with Crippen molar-refractivity contribution in [3.05, 3.63) is 75.3 Å². The lowest BCUT2D eigenvalue weighted by atomic mass is 10.1. The van der Waals surface area contributed by atoms with Crippen LogP contribution in [0.2, 0.25) is 0 Å². The van der Waals surface area contributed by atoms with E-state index < -0.39 is 10.9 Å². The number of hydrogen-bond donors (Lipinski definition) is 0. The molecule has 0 aliphatic heterocycles. The molecule has 0 saturated heterocycles. The zero-order valence-corrected chi connectivity index (χ0v) is 15.6. The summed E-state index contributed by atoms with van der Waals surface area (Å²) < 4.78 is 5.20. The number of para-hydroxylation sites is 1. The highest BCUT2D eigenvalue weighted by atomic mass is 16.6. The fraction of sp³-hybridized carbons (Fsp3) is 0.350. The molecule has 0 aromatic heterocycles. The van der Waals surface area contributed by atoms with Gasteiger partial charge in [-0.05, 0) is 24.1 Å². The van der Waals surface area contributed by atoms with E-state index in [9.17, 15) is 14.9 Å². The molecule has 0 unspecified atom stereocenters. The van der Waals surface area contributed by atoms with E-state index in [4.69, 9.17) is 4.74 Å². The zero-order chi connectivity index (χ0) is 19.2. The summed E-state index contributed by atoms with van der Waals surface area (Å²) in [6.07, 6.45) is 0.719. The minimum absolute atomic E-state index is 0.0472. The second-order valence-electron chi connectivity index (χ2n) is 4.47. The normalized spacial score (nSPS) is 9.00. The van der Waals surface area contributed by atoms with Crippen LogP contribution in [-0.4, -0.2) is 10.9 Å². The number of rotatable bonds is 5. The third-order valence-corrected chi connectivity index (χ3v) is 3.17. The van der Waals surface area contributed by atoms with Crippen LogP contribution in [-0.2, 0) is 17.8 Å². The molecule has 0 aliphatic rings. The summed E-state index contributed by atoms with van der Waals surface area (Å²) in [4.78, 5) is 22.5. The number of nitro groups is 1. The van der Waals surface area contributed by atoms with E-state index in [-0.39, 0.29) is 12.3 Å². The minimum Gasteiger partial charge on any atom is -0.457 e. The van der Waals surface area contributed by atoms with Gasteiger partial charge in [0.05, 0.1) is 16.1 Å². The summed E-state index contributed by atoms with van der Waals surface area (Å²) in [5.41, 5.74) is 1.72. The molecule has 0 radical (unpaired) electrons. The topological polar surface area (TPSA) is 69.4 Å². The zero-order valence-electron chi connectivity index (χ0n) is 15.6. The summed E-state index contributed by atoms with van der Waals surface area (Å²) in [5, 5.41) is 10.9. The molecule has 0 bridgehead atoms. The molecule has 2 aromatic rings. The van der Waals surface area contributed by atoms with Crippen molar-refractivity contribution in [3.8, 4) is 0 Å². The van der Waals surface area contributed by atoms with E-state index in [1.807, 2.05) is 46.8 Å². The predicted molar refractivity (Wildman–Crippen MR) is 101 cm³/mol. The largest absolute Gasteiger partial charge is 0.457 e. The average Bonchev–Trinajstić information content (AvgIpc) is 2.69. The predicted octanol–water partition coefficient (Wildman–Crippen LogP) is 5.57. The fourth-order valence-corrected chi connectivity index (χ4v) is 2.06. The van der Waals surface area contributed by atoms with E-state index in [1.165, 1.54) is 6.07 Å². The Morgan fingerprint density at radius 1 is 0.960 bits per heavy atom. The van der Waals surface area contributed by atoms with Gasteiger partial charge in [-0.15, -0.1) is 0 Å². The van der Waals surface area contributed by atoms with E-state index in [2.05, 4.69) is 0 Å². The van der Waals surface area contributed by atoms with Gasteiger partial charge in [-0.25, -0.2) is 4.79 Å². The van der Waals surface area contributed by atoms with Crippen LogP contribution in [0.25, 0.3) is 0 Å². The molecule has 2 aromatic carbocycles. The number of nitro benzene ring substituents is 1. The first-order valence-electron chi connectivity index (χ1n) is 8.60. The molecule has 0 heterocycles. The van der Waals surface area contributed by atoms with Gasteiger partial charge in [0, 0.05) is 6.07 Å². The number of carbonyl (C=O) groups is 1. The molecule has 5 nitrogen and oxygen atoms in total. The van der Waals surface area contributed by atoms with Gasteiger partial charge >= 0.3 is 5.97 Å². The molecule has 0 atom stereocenters. The lowest BCUT2D eigenvalue weighted by Gasteiger charge is -2.08. The molecule has 0 N–H and O–H groups in total. The standard InChI is InChI=1S/C16H15NO4.2C2H6/c1-2-12-7-3-5-9-14(12)16(18)21-11-13-8-4-6-10-15(13)17(19)20;2*1-2/h3-10H,2,11H2,1H3;2*1-2H3. The number of esters is 1. The van der Waals surface area contributed by atoms with Gasteiger partial charge in [0.15, 0.2) is 0 Å². The quantitative estimate of drug-likeness (QED) is 0.404. The summed E-state index contributed by atoms with van der Waals surface area (Å²) in [7, 11) is 0. The second kappa shape index (κ2) is 12.7. The summed E-state index contributed by atoms with van der Waals surface area (Å²) in [6.45, 7) is 9.84. The maximum Gasteiger partial charge on any atom is 0.338 e. The molecule has 0 spiro atoms. The minimum atomic E-state index is -0.483. The Morgan fingerprint density at radius 3 is 2.04 bits per heavy atom. The molecule has 0 saturated carbocycles. The first kappa shape index (κ1) is 22.3. The smallest absolute Gasteiger partial charge is 0.338 e. The van der Waals surface area contributed by atoms with Gasteiger partial charge in [-0.2, -0.15) is 0 Å². The third kappa shape index (κ3) is 6.75. The molecule has 0 fully saturated rings. The van der Waals surface area contributed by atoms with Gasteiger partial charge in [-0.1, -0.05) is 65.0 Å². The lowest BCUT2D eigenvalue weighted by molar-refractivity contribution is -0.385. The van der Waals surface area contributed by atoms with Crippen molar-refractivity contribution in [3.63, 3.8) is 0 Å². The maximum atomic E-state index is 12.1. The number of carbonyl (C=O) groups excluding carboxylic acids is 1. The van der Waals surface area contributed by atoms with Crippen molar-refractivity contribution >= 4 is 11.7 Å². The van der Waals surface area contributed by atoms with Crippen LogP contribution in [0.5, 0.6) is 0 Å². The molecule has 5 heteroatoms. The van der Waals surface area contributed by atoms with Crippen molar-refractivity contribution in [1.82, 2.24) is 0 Å². The first-order valence-corrected chi connectivity index (χ1v) is 8.60. The van der Waals surface area contributed by atoms with Crippen molar-refractivity contribution < 1.29 is 14.5 Å². The molecule has 25 heavy (non-hydrogen) atoms. The highest BCUT2D eigenvalue weighted by molar-refractivity contribution is 5.91. The second-order valence-corrected chi connectivity index (χ2v) is 4.47. The number of nitrogens with zero attached hydrogens (tertiary/aromatic N) is 1. The number of benzene rings is 2. The van der Waals surface area contributed by atoms with Crippen molar-refractivity contribution in [2.24, 2.45) is 0 Å². The van der Waals surface area contributed by atoms with E-state index in [0.29, 0.717) is 11.1 Å². The lowest BCUT2D eigenvalue weighted by Crippen LogP contribution is -2.09. The van der Waals surface area contributed by atoms with Crippen LogP contribution in [0.1, 0.15) is 56.1 Å². The van der Waals surface area contributed by atoms with Gasteiger partial charge in [0.1, 0.15) is 6.61 Å². The molecule has 136 valence electrons. The number of hydrogen-bond acceptors (Lipinski definition) is 4. The average molecular weight is 345 g/mol. The van der Waals surface area contributed by atoms with Crippen LogP contribution >= 0.6 is 0 Å². The van der Waals surface area contributed by atoms with Crippen LogP contribution < -0.4 is 0 Å². The van der Waals surface area contributed by atoms with Crippen LogP contribution in [0.3, 0.4) is 0 Å². The molecular formula is C20H27NO4. The van der Waals surface area contributed by atoms with Crippen molar-refractivity contribution in [2.45, 2.75) is 47.6 Å². The Hall–Kier alpha value is -2.69.